The zero-order chi connectivity index (χ0) is 15.2. The average Bonchev–Trinajstić information content (AvgIpc) is 2.32. The molecule has 0 spiro atoms. The van der Waals surface area contributed by atoms with Crippen molar-refractivity contribution in [3.63, 3.8) is 0 Å². The van der Waals surface area contributed by atoms with Gasteiger partial charge in [0.05, 0.1) is 6.61 Å². The Morgan fingerprint density at radius 3 is 1.22 bits per heavy atom. The van der Waals surface area contributed by atoms with Crippen molar-refractivity contribution >= 4 is 5.97 Å². The largest absolute Gasteiger partial charge is 0.466 e. The summed E-state index contributed by atoms with van der Waals surface area (Å²) in [6, 6.07) is 0. The number of carbonyl (C=O) groups excluding carboxylic acids is 1. The van der Waals surface area contributed by atoms with Gasteiger partial charge in [-0.25, -0.2) is 0 Å². The van der Waals surface area contributed by atoms with E-state index >= 15 is 0 Å². The van der Waals surface area contributed by atoms with Crippen LogP contribution in [0.2, 0.25) is 0 Å². The summed E-state index contributed by atoms with van der Waals surface area (Å²) in [7, 11) is 0. The molecule has 0 aromatic rings. The molecule has 0 atom stereocenters. The summed E-state index contributed by atoms with van der Waals surface area (Å²) < 4.78 is 9.24. The monoisotopic (exact) mass is 266 g/mol. The van der Waals surface area contributed by atoms with Gasteiger partial charge in [-0.05, 0) is 27.7 Å². The lowest BCUT2D eigenvalue weighted by Gasteiger charge is -1.89. The number of hydrogen-bond acceptors (Lipinski definition) is 4. The average molecular weight is 266 g/mol. The van der Waals surface area contributed by atoms with E-state index in [-0.39, 0.29) is 12.6 Å². The molecule has 4 nitrogen and oxygen atoms in total. The molecule has 0 aliphatic heterocycles. The first-order valence-corrected chi connectivity index (χ1v) is 6.83. The molecule has 0 aliphatic rings. The molecule has 0 aromatic heterocycles. The van der Waals surface area contributed by atoms with E-state index in [0.29, 0.717) is 6.61 Å². The van der Waals surface area contributed by atoms with Crippen LogP contribution in [-0.4, -0.2) is 37.5 Å². The summed E-state index contributed by atoms with van der Waals surface area (Å²) >= 11 is 0. The Morgan fingerprint density at radius 2 is 1.22 bits per heavy atom. The van der Waals surface area contributed by atoms with Crippen LogP contribution in [0.3, 0.4) is 0 Å². The minimum absolute atomic E-state index is 0.211. The Morgan fingerprint density at radius 1 is 0.889 bits per heavy atom. The molecule has 0 radical (unpaired) electrons. The molecule has 0 bridgehead atoms. The van der Waals surface area contributed by atoms with Crippen molar-refractivity contribution in [3.05, 3.63) is 0 Å². The van der Waals surface area contributed by atoms with Crippen molar-refractivity contribution in [1.29, 1.82) is 0 Å². The van der Waals surface area contributed by atoms with Gasteiger partial charge in [-0.1, -0.05) is 26.7 Å². The van der Waals surface area contributed by atoms with Crippen molar-refractivity contribution < 1.29 is 19.4 Å². The third-order valence-corrected chi connectivity index (χ3v) is 1.26. The number of unbranched alkanes of at least 4 members (excludes halogenated alkanes) is 1. The Labute approximate surface area is 114 Å². The lowest BCUT2D eigenvalue weighted by molar-refractivity contribution is -0.140. The second kappa shape index (κ2) is 36.0. The molecule has 0 rings (SSSR count). The van der Waals surface area contributed by atoms with Gasteiger partial charge in [0.1, 0.15) is 0 Å². The van der Waals surface area contributed by atoms with Gasteiger partial charge in [0.15, 0.2) is 0 Å². The highest BCUT2D eigenvalue weighted by Gasteiger charge is 1.81. The van der Waals surface area contributed by atoms with Crippen LogP contribution in [0.1, 0.15) is 61.3 Å². The van der Waals surface area contributed by atoms with Gasteiger partial charge in [0.2, 0.25) is 0 Å². The molecule has 0 unspecified atom stereocenters. The molecule has 1 N–H and O–H groups in total. The third kappa shape index (κ3) is 110. The second-order valence-corrected chi connectivity index (χ2v) is 3.02. The van der Waals surface area contributed by atoms with E-state index in [1.165, 1.54) is 19.8 Å². The zero-order valence-corrected chi connectivity index (χ0v) is 13.4. The number of aliphatic hydroxyl groups is 1. The molecule has 0 aromatic carbocycles. The Balaban J connectivity index is -0.0000000750. The number of ether oxygens (including phenoxy) is 2. The minimum atomic E-state index is -0.211. The zero-order valence-electron chi connectivity index (χ0n) is 13.4. The number of carbonyl (C=O) groups is 1. The predicted octanol–water partition coefficient (Wildman–Crippen LogP) is 3.42. The minimum Gasteiger partial charge on any atom is -0.466 e. The van der Waals surface area contributed by atoms with E-state index in [4.69, 9.17) is 9.84 Å². The number of hydrogen-bond donors (Lipinski definition) is 1. The fourth-order valence-corrected chi connectivity index (χ4v) is 0.407. The van der Waals surface area contributed by atoms with Crippen LogP contribution < -0.4 is 0 Å². The SMILES string of the molecule is CCCC.CCO.CCOC(C)=O.CCOCC. The molecule has 0 saturated heterocycles. The number of aliphatic hydroxyl groups excluding tert-OH is 1. The molecule has 114 valence electrons. The maximum absolute atomic E-state index is 9.82. The highest BCUT2D eigenvalue weighted by atomic mass is 16.5. The first kappa shape index (κ1) is 26.1. The molecule has 0 amide bonds. The van der Waals surface area contributed by atoms with Crippen molar-refractivity contribution in [2.45, 2.75) is 61.3 Å². The molecule has 18 heavy (non-hydrogen) atoms. The van der Waals surface area contributed by atoms with Crippen molar-refractivity contribution in [2.75, 3.05) is 26.4 Å². The normalized spacial score (nSPS) is 7.56. The number of rotatable bonds is 4. The fraction of sp³-hybridized carbons (Fsp3) is 0.929. The molecule has 0 heterocycles. The van der Waals surface area contributed by atoms with Gasteiger partial charge in [0.25, 0.3) is 0 Å². The molecule has 0 saturated carbocycles. The Hall–Kier alpha value is -0.610. The topological polar surface area (TPSA) is 55.8 Å². The maximum atomic E-state index is 9.82. The second-order valence-electron chi connectivity index (χ2n) is 3.02. The highest BCUT2D eigenvalue weighted by Crippen LogP contribution is 1.76. The lowest BCUT2D eigenvalue weighted by Crippen LogP contribution is -1.95. The summed E-state index contributed by atoms with van der Waals surface area (Å²) in [5.41, 5.74) is 0. The summed E-state index contributed by atoms with van der Waals surface area (Å²) in [6.45, 7) is 15.6. The van der Waals surface area contributed by atoms with E-state index in [2.05, 4.69) is 18.6 Å². The van der Waals surface area contributed by atoms with E-state index < -0.39 is 0 Å². The molecule has 0 fully saturated rings. The van der Waals surface area contributed by atoms with Crippen LogP contribution >= 0.6 is 0 Å². The Bertz CT molecular complexity index is 112. The Kier molecular flexibility index (Phi) is 52.1. The van der Waals surface area contributed by atoms with Gasteiger partial charge in [-0.3, -0.25) is 4.79 Å². The summed E-state index contributed by atoms with van der Waals surface area (Å²) in [5, 5.41) is 7.57. The van der Waals surface area contributed by atoms with Crippen LogP contribution in [0.5, 0.6) is 0 Å². The van der Waals surface area contributed by atoms with Crippen LogP contribution in [0.4, 0.5) is 0 Å². The van der Waals surface area contributed by atoms with Crippen molar-refractivity contribution in [1.82, 2.24) is 0 Å². The standard InChI is InChI=1S/C4H8O2.C4H10O.C4H10.C2H6O/c1-3-6-4(2)5;1-3-5-4-2;1-3-4-2;1-2-3/h3H2,1-2H3;3-4H2,1-2H3;3-4H2,1-2H3;3H,2H2,1H3. The first-order chi connectivity index (χ1) is 8.51. The van der Waals surface area contributed by atoms with Gasteiger partial charge in [-0.15, -0.1) is 0 Å². The van der Waals surface area contributed by atoms with Gasteiger partial charge < -0.3 is 14.6 Å². The van der Waals surface area contributed by atoms with Crippen LogP contribution in [0.15, 0.2) is 0 Å². The molecule has 4 heteroatoms. The van der Waals surface area contributed by atoms with Gasteiger partial charge in [0, 0.05) is 26.7 Å². The lowest BCUT2D eigenvalue weighted by atomic mass is 10.4. The van der Waals surface area contributed by atoms with Crippen molar-refractivity contribution in [2.24, 2.45) is 0 Å². The number of esters is 1. The van der Waals surface area contributed by atoms with Gasteiger partial charge in [-0.2, -0.15) is 0 Å². The van der Waals surface area contributed by atoms with Gasteiger partial charge >= 0.3 is 5.97 Å². The van der Waals surface area contributed by atoms with Crippen LogP contribution in [0.25, 0.3) is 0 Å². The van der Waals surface area contributed by atoms with E-state index in [1.807, 2.05) is 13.8 Å². The summed E-state index contributed by atoms with van der Waals surface area (Å²) in [5.74, 6) is -0.211. The van der Waals surface area contributed by atoms with E-state index in [1.54, 1.807) is 13.8 Å². The molecular weight excluding hydrogens is 232 g/mol. The maximum Gasteiger partial charge on any atom is 0.302 e. The molecule has 0 aliphatic carbocycles. The van der Waals surface area contributed by atoms with Crippen LogP contribution in [-0.2, 0) is 14.3 Å². The van der Waals surface area contributed by atoms with E-state index in [0.717, 1.165) is 13.2 Å². The molecular formula is C14H34O4. The van der Waals surface area contributed by atoms with Crippen LogP contribution in [0, 0.1) is 0 Å². The van der Waals surface area contributed by atoms with E-state index in [9.17, 15) is 4.79 Å². The smallest absolute Gasteiger partial charge is 0.302 e. The highest BCUT2D eigenvalue weighted by molar-refractivity contribution is 5.65. The third-order valence-electron chi connectivity index (χ3n) is 1.26. The first-order valence-electron chi connectivity index (χ1n) is 6.83. The predicted molar refractivity (Wildman–Crippen MR) is 77.8 cm³/mol. The van der Waals surface area contributed by atoms with Crippen molar-refractivity contribution in [3.8, 4) is 0 Å². The summed E-state index contributed by atoms with van der Waals surface area (Å²) in [6.07, 6.45) is 2.64. The quantitative estimate of drug-likeness (QED) is 0.792. The fourth-order valence-electron chi connectivity index (χ4n) is 0.407. The summed E-state index contributed by atoms with van der Waals surface area (Å²) in [4.78, 5) is 9.82.